The third kappa shape index (κ3) is 7.69. The number of hydrogen-bond donors (Lipinski definition) is 7. The molecule has 5 atom stereocenters. The largest absolute Gasteiger partial charge is 0.497 e. The zero-order valence-corrected chi connectivity index (χ0v) is 21.3. The summed E-state index contributed by atoms with van der Waals surface area (Å²) < 4.78 is 33.6. The Bertz CT molecular complexity index is 1240. The predicted octanol–water partition coefficient (Wildman–Crippen LogP) is -0.734. The normalized spacial score (nSPS) is 23.9. The van der Waals surface area contributed by atoms with Gasteiger partial charge < -0.3 is 40.7 Å². The molecule has 0 unspecified atom stereocenters. The van der Waals surface area contributed by atoms with Gasteiger partial charge in [0.1, 0.15) is 30.1 Å². The summed E-state index contributed by atoms with van der Waals surface area (Å²) in [7, 11) is -2.33. The van der Waals surface area contributed by atoms with Crippen LogP contribution in [0.2, 0.25) is 0 Å². The monoisotopic (exact) mass is 552 g/mol. The zero-order chi connectivity index (χ0) is 27.2. The van der Waals surface area contributed by atoms with Crippen molar-refractivity contribution in [2.45, 2.75) is 35.5 Å². The quantitative estimate of drug-likeness (QED) is 0.161. The van der Waals surface area contributed by atoms with Crippen molar-refractivity contribution in [3.8, 4) is 5.75 Å². The summed E-state index contributed by atoms with van der Waals surface area (Å²) in [4.78, 5) is 12.5. The van der Waals surface area contributed by atoms with Crippen molar-refractivity contribution >= 4 is 45.0 Å². The molecular weight excluding hydrogens is 524 g/mol. The fourth-order valence-corrected chi connectivity index (χ4v) is 4.30. The lowest BCUT2D eigenvalue weighted by atomic mass is 9.96. The van der Waals surface area contributed by atoms with Crippen LogP contribution < -0.4 is 25.8 Å². The molecule has 2 aromatic carbocycles. The van der Waals surface area contributed by atoms with Crippen molar-refractivity contribution in [1.29, 1.82) is 0 Å². The van der Waals surface area contributed by atoms with Gasteiger partial charge in [-0.3, -0.25) is 4.79 Å². The third-order valence-corrected chi connectivity index (χ3v) is 6.62. The average Bonchev–Trinajstić information content (AvgIpc) is 2.87. The van der Waals surface area contributed by atoms with Crippen LogP contribution in [0.4, 0.5) is 5.69 Å². The molecule has 0 saturated carbocycles. The first-order valence-electron chi connectivity index (χ1n) is 11.0. The van der Waals surface area contributed by atoms with Gasteiger partial charge >= 0.3 is 0 Å². The number of nitrogens with two attached hydrogens (primary N) is 1. The molecule has 0 spiro atoms. The Morgan fingerprint density at radius 1 is 1.16 bits per heavy atom. The number of methoxy groups -OCH3 is 1. The van der Waals surface area contributed by atoms with E-state index in [-0.39, 0.29) is 10.0 Å². The number of amides is 1. The SMILES string of the molecule is COc1cccc(/C=C/C(=O)N[C@@H]2[C@@H](O)[C@H](O)[C@@H](CO)O[C@H]2NC(=S)Nc2ccc(S(N)(=O)=O)cc2)c1. The summed E-state index contributed by atoms with van der Waals surface area (Å²) in [6.45, 7) is -0.595. The number of aliphatic hydroxyl groups is 3. The molecule has 0 aromatic heterocycles. The molecule has 37 heavy (non-hydrogen) atoms. The van der Waals surface area contributed by atoms with Gasteiger partial charge in [0.15, 0.2) is 11.3 Å². The fraction of sp³-hybridized carbons (Fsp3) is 0.304. The molecular formula is C23H28N4O8S2. The molecule has 8 N–H and O–H groups in total. The Morgan fingerprint density at radius 2 is 1.86 bits per heavy atom. The van der Waals surface area contributed by atoms with Crippen LogP contribution in [0.3, 0.4) is 0 Å². The van der Waals surface area contributed by atoms with Crippen LogP contribution in [0, 0.1) is 0 Å². The molecule has 1 saturated heterocycles. The first-order chi connectivity index (χ1) is 17.5. The first-order valence-corrected chi connectivity index (χ1v) is 12.9. The van der Waals surface area contributed by atoms with Gasteiger partial charge in [-0.2, -0.15) is 0 Å². The van der Waals surface area contributed by atoms with Crippen LogP contribution in [0.25, 0.3) is 6.08 Å². The molecule has 0 radical (unpaired) electrons. The van der Waals surface area contributed by atoms with Gasteiger partial charge in [-0.1, -0.05) is 12.1 Å². The van der Waals surface area contributed by atoms with Crippen LogP contribution in [-0.2, 0) is 19.6 Å². The maximum Gasteiger partial charge on any atom is 0.244 e. The minimum atomic E-state index is -3.86. The van der Waals surface area contributed by atoms with Gasteiger partial charge in [-0.05, 0) is 60.3 Å². The molecule has 1 fully saturated rings. The van der Waals surface area contributed by atoms with Gasteiger partial charge in [0.25, 0.3) is 0 Å². The summed E-state index contributed by atoms with van der Waals surface area (Å²) in [5.74, 6) is 0.0239. The number of ether oxygens (including phenoxy) is 2. The van der Waals surface area contributed by atoms with Crippen molar-refractivity contribution in [2.24, 2.45) is 5.14 Å². The Balaban J connectivity index is 1.71. The van der Waals surface area contributed by atoms with E-state index in [1.807, 2.05) is 0 Å². The summed E-state index contributed by atoms with van der Waals surface area (Å²) in [6, 6.07) is 11.3. The van der Waals surface area contributed by atoms with E-state index >= 15 is 0 Å². The summed E-state index contributed by atoms with van der Waals surface area (Å²) in [6.07, 6.45) is -2.50. The van der Waals surface area contributed by atoms with E-state index in [0.29, 0.717) is 17.0 Å². The number of carbonyl (C=O) groups excluding carboxylic acids is 1. The molecule has 2 aromatic rings. The second kappa shape index (κ2) is 12.4. The summed E-state index contributed by atoms with van der Waals surface area (Å²) in [5.41, 5.74) is 1.12. The van der Waals surface area contributed by atoms with E-state index in [4.69, 9.17) is 26.8 Å². The third-order valence-electron chi connectivity index (χ3n) is 5.47. The highest BCUT2D eigenvalue weighted by Gasteiger charge is 2.45. The number of aliphatic hydroxyl groups excluding tert-OH is 3. The molecule has 1 aliphatic rings. The Hall–Kier alpha value is -3.11. The molecule has 0 bridgehead atoms. The lowest BCUT2D eigenvalue weighted by Gasteiger charge is -2.43. The smallest absolute Gasteiger partial charge is 0.244 e. The highest BCUT2D eigenvalue weighted by Crippen LogP contribution is 2.21. The van der Waals surface area contributed by atoms with Crippen molar-refractivity contribution in [2.75, 3.05) is 19.0 Å². The van der Waals surface area contributed by atoms with Crippen LogP contribution in [0.15, 0.2) is 59.5 Å². The number of nitrogens with one attached hydrogen (secondary N) is 3. The van der Waals surface area contributed by atoms with Gasteiger partial charge in [-0.25, -0.2) is 13.6 Å². The fourth-order valence-electron chi connectivity index (χ4n) is 3.55. The van der Waals surface area contributed by atoms with Gasteiger partial charge in [0.2, 0.25) is 15.9 Å². The molecule has 0 aliphatic carbocycles. The zero-order valence-electron chi connectivity index (χ0n) is 19.6. The van der Waals surface area contributed by atoms with Crippen LogP contribution >= 0.6 is 12.2 Å². The highest BCUT2D eigenvalue weighted by atomic mass is 32.2. The van der Waals surface area contributed by atoms with E-state index in [1.165, 1.54) is 37.5 Å². The minimum Gasteiger partial charge on any atom is -0.497 e. The van der Waals surface area contributed by atoms with E-state index in [2.05, 4.69) is 16.0 Å². The van der Waals surface area contributed by atoms with Gasteiger partial charge in [0.05, 0.1) is 18.6 Å². The summed E-state index contributed by atoms with van der Waals surface area (Å²) >= 11 is 5.28. The maximum absolute atomic E-state index is 12.6. The number of benzene rings is 2. The van der Waals surface area contributed by atoms with E-state index in [0.717, 1.165) is 0 Å². The second-order valence-electron chi connectivity index (χ2n) is 8.07. The van der Waals surface area contributed by atoms with E-state index in [1.54, 1.807) is 30.3 Å². The van der Waals surface area contributed by atoms with Crippen molar-refractivity contribution in [3.05, 3.63) is 60.2 Å². The second-order valence-corrected chi connectivity index (χ2v) is 10.0. The van der Waals surface area contributed by atoms with Gasteiger partial charge in [0, 0.05) is 11.8 Å². The number of carbonyl (C=O) groups is 1. The number of sulfonamides is 1. The van der Waals surface area contributed by atoms with Crippen LogP contribution in [-0.4, -0.2) is 79.1 Å². The molecule has 200 valence electrons. The Morgan fingerprint density at radius 3 is 2.49 bits per heavy atom. The number of primary sulfonamides is 1. The molecule has 14 heteroatoms. The Labute approximate surface area is 219 Å². The van der Waals surface area contributed by atoms with Crippen molar-refractivity contribution in [1.82, 2.24) is 10.6 Å². The predicted molar refractivity (Wildman–Crippen MR) is 139 cm³/mol. The number of thiocarbonyl (C=S) groups is 1. The van der Waals surface area contributed by atoms with Crippen LogP contribution in [0.1, 0.15) is 5.56 Å². The van der Waals surface area contributed by atoms with E-state index < -0.39 is 53.1 Å². The Kier molecular flexibility index (Phi) is 9.56. The minimum absolute atomic E-state index is 0.000179. The standard InChI is InChI=1S/C23H28N4O8S2/c1-34-15-4-2-3-13(11-15)5-10-18(29)26-19-21(31)20(30)17(12-28)35-22(19)27-23(36)25-14-6-8-16(9-7-14)37(24,32)33/h2-11,17,19-22,28,30-31H,12H2,1H3,(H,26,29)(H2,24,32,33)(H2,25,27,36)/b10-5+/t17-,19-,20-,21-,22-/m1/s1. The molecule has 1 aliphatic heterocycles. The lowest BCUT2D eigenvalue weighted by molar-refractivity contribution is -0.198. The number of hydrogen-bond acceptors (Lipinski definition) is 9. The van der Waals surface area contributed by atoms with E-state index in [9.17, 15) is 28.5 Å². The summed E-state index contributed by atoms with van der Waals surface area (Å²) in [5, 5.41) is 43.8. The highest BCUT2D eigenvalue weighted by molar-refractivity contribution is 7.89. The topological polar surface area (TPSA) is 192 Å². The van der Waals surface area contributed by atoms with Crippen LogP contribution in [0.5, 0.6) is 5.75 Å². The molecule has 3 rings (SSSR count). The molecule has 12 nitrogen and oxygen atoms in total. The van der Waals surface area contributed by atoms with Gasteiger partial charge in [-0.15, -0.1) is 0 Å². The lowest BCUT2D eigenvalue weighted by Crippen LogP contribution is -2.68. The first kappa shape index (κ1) is 28.5. The molecule has 1 amide bonds. The average molecular weight is 553 g/mol. The number of rotatable bonds is 8. The van der Waals surface area contributed by atoms with Crippen molar-refractivity contribution < 1.29 is 38.0 Å². The van der Waals surface area contributed by atoms with Crippen molar-refractivity contribution in [3.63, 3.8) is 0 Å². The maximum atomic E-state index is 12.6. The number of anilines is 1. The molecule has 1 heterocycles.